The second-order valence-electron chi connectivity index (χ2n) is 1.75. The van der Waals surface area contributed by atoms with Crippen molar-refractivity contribution in [3.63, 3.8) is 0 Å². The molecule has 0 aromatic carbocycles. The van der Waals surface area contributed by atoms with E-state index in [1.165, 1.54) is 0 Å². The SMILES string of the molecule is C=C1C=C(F)C=CC1=O. The minimum Gasteiger partial charge on any atom is -0.289 e. The predicted molar refractivity (Wildman–Crippen MR) is 32.5 cm³/mol. The molecule has 0 fully saturated rings. The monoisotopic (exact) mass is 124 g/mol. The van der Waals surface area contributed by atoms with Gasteiger partial charge in [0.05, 0.1) is 0 Å². The van der Waals surface area contributed by atoms with E-state index in [0.717, 1.165) is 18.2 Å². The Hall–Kier alpha value is -1.18. The zero-order chi connectivity index (χ0) is 6.85. The average molecular weight is 124 g/mol. The lowest BCUT2D eigenvalue weighted by Crippen LogP contribution is -1.97. The Morgan fingerprint density at radius 3 is 2.56 bits per heavy atom. The first-order valence-corrected chi connectivity index (χ1v) is 2.48. The smallest absolute Gasteiger partial charge is 0.185 e. The van der Waals surface area contributed by atoms with Crippen LogP contribution in [0.2, 0.25) is 0 Å². The predicted octanol–water partition coefficient (Wildman–Crippen LogP) is 1.53. The van der Waals surface area contributed by atoms with Crippen molar-refractivity contribution >= 4 is 5.78 Å². The molecule has 0 N–H and O–H groups in total. The Labute approximate surface area is 52.2 Å². The summed E-state index contributed by atoms with van der Waals surface area (Å²) in [4.78, 5) is 10.5. The lowest BCUT2D eigenvalue weighted by molar-refractivity contribution is -0.111. The summed E-state index contributed by atoms with van der Waals surface area (Å²) in [6, 6.07) is 0. The highest BCUT2D eigenvalue weighted by Crippen LogP contribution is 2.10. The Morgan fingerprint density at radius 2 is 2.11 bits per heavy atom. The second-order valence-corrected chi connectivity index (χ2v) is 1.75. The first-order valence-electron chi connectivity index (χ1n) is 2.48. The van der Waals surface area contributed by atoms with Crippen molar-refractivity contribution in [3.8, 4) is 0 Å². The maximum Gasteiger partial charge on any atom is 0.185 e. The quantitative estimate of drug-likeness (QED) is 0.447. The number of rotatable bonds is 0. The molecule has 1 aliphatic rings. The number of allylic oxidation sites excluding steroid dienone is 5. The summed E-state index contributed by atoms with van der Waals surface area (Å²) < 4.78 is 12.2. The highest BCUT2D eigenvalue weighted by molar-refractivity contribution is 6.07. The number of hydrogen-bond donors (Lipinski definition) is 0. The van der Waals surface area contributed by atoms with E-state index in [9.17, 15) is 9.18 Å². The van der Waals surface area contributed by atoms with E-state index in [4.69, 9.17) is 0 Å². The van der Waals surface area contributed by atoms with Gasteiger partial charge in [-0.2, -0.15) is 0 Å². The highest BCUT2D eigenvalue weighted by atomic mass is 19.1. The van der Waals surface area contributed by atoms with Crippen LogP contribution in [-0.4, -0.2) is 5.78 Å². The normalized spacial score (nSPS) is 18.1. The number of carbonyl (C=O) groups excluding carboxylic acids is 1. The molecule has 0 amide bonds. The van der Waals surface area contributed by atoms with Crippen LogP contribution in [0.5, 0.6) is 0 Å². The fourth-order valence-electron chi connectivity index (χ4n) is 0.548. The van der Waals surface area contributed by atoms with Crippen molar-refractivity contribution in [2.24, 2.45) is 0 Å². The molecular formula is C7H5FO. The minimum atomic E-state index is -0.417. The van der Waals surface area contributed by atoms with E-state index in [1.54, 1.807) is 0 Å². The van der Waals surface area contributed by atoms with Gasteiger partial charge in [0.2, 0.25) is 0 Å². The zero-order valence-electron chi connectivity index (χ0n) is 4.73. The molecule has 1 rings (SSSR count). The third-order valence-corrected chi connectivity index (χ3v) is 1.02. The first-order chi connectivity index (χ1) is 4.20. The summed E-state index contributed by atoms with van der Waals surface area (Å²) in [6.07, 6.45) is 3.40. The topological polar surface area (TPSA) is 17.1 Å². The van der Waals surface area contributed by atoms with Crippen molar-refractivity contribution in [2.45, 2.75) is 0 Å². The van der Waals surface area contributed by atoms with Crippen molar-refractivity contribution < 1.29 is 9.18 Å². The second kappa shape index (κ2) is 1.97. The van der Waals surface area contributed by atoms with Crippen LogP contribution in [0.1, 0.15) is 0 Å². The molecule has 46 valence electrons. The Kier molecular flexibility index (Phi) is 1.30. The van der Waals surface area contributed by atoms with E-state index in [-0.39, 0.29) is 11.4 Å². The van der Waals surface area contributed by atoms with Crippen molar-refractivity contribution in [3.05, 3.63) is 36.2 Å². The lowest BCUT2D eigenvalue weighted by atomic mass is 10.1. The molecule has 0 atom stereocenters. The fourth-order valence-corrected chi connectivity index (χ4v) is 0.548. The van der Waals surface area contributed by atoms with Gasteiger partial charge in [-0.3, -0.25) is 4.79 Å². The van der Waals surface area contributed by atoms with Gasteiger partial charge >= 0.3 is 0 Å². The van der Waals surface area contributed by atoms with Gasteiger partial charge in [-0.15, -0.1) is 0 Å². The molecule has 0 saturated heterocycles. The third-order valence-electron chi connectivity index (χ3n) is 1.02. The van der Waals surface area contributed by atoms with Crippen molar-refractivity contribution in [1.29, 1.82) is 0 Å². The Bertz CT molecular complexity index is 223. The summed E-state index contributed by atoms with van der Waals surface area (Å²) in [5, 5.41) is 0. The van der Waals surface area contributed by atoms with Crippen LogP contribution in [0.3, 0.4) is 0 Å². The molecular weight excluding hydrogens is 119 g/mol. The van der Waals surface area contributed by atoms with Gasteiger partial charge in [0.1, 0.15) is 5.83 Å². The molecule has 0 unspecified atom stereocenters. The van der Waals surface area contributed by atoms with Gasteiger partial charge in [0, 0.05) is 5.57 Å². The van der Waals surface area contributed by atoms with Crippen LogP contribution < -0.4 is 0 Å². The molecule has 0 spiro atoms. The third kappa shape index (κ3) is 1.13. The molecule has 0 heterocycles. The van der Waals surface area contributed by atoms with Crippen molar-refractivity contribution in [1.82, 2.24) is 0 Å². The summed E-state index contributed by atoms with van der Waals surface area (Å²) in [5.74, 6) is -0.643. The molecule has 9 heavy (non-hydrogen) atoms. The maximum atomic E-state index is 12.2. The van der Waals surface area contributed by atoms with Crippen LogP contribution in [0, 0.1) is 0 Å². The summed E-state index contributed by atoms with van der Waals surface area (Å²) in [5.41, 5.74) is 0.204. The molecule has 0 aliphatic heterocycles. The number of ketones is 1. The van der Waals surface area contributed by atoms with E-state index in [1.807, 2.05) is 0 Å². The summed E-state index contributed by atoms with van der Waals surface area (Å²) >= 11 is 0. The minimum absolute atomic E-state index is 0.204. The molecule has 0 bridgehead atoms. The molecule has 0 saturated carbocycles. The van der Waals surface area contributed by atoms with E-state index >= 15 is 0 Å². The van der Waals surface area contributed by atoms with Gasteiger partial charge in [0.25, 0.3) is 0 Å². The van der Waals surface area contributed by atoms with E-state index in [2.05, 4.69) is 6.58 Å². The standard InChI is InChI=1S/C7H5FO/c1-5-4-6(8)2-3-7(5)9/h2-4H,1H2. The van der Waals surface area contributed by atoms with Crippen LogP contribution in [0.4, 0.5) is 4.39 Å². The number of halogens is 1. The van der Waals surface area contributed by atoms with Crippen LogP contribution >= 0.6 is 0 Å². The fraction of sp³-hybridized carbons (Fsp3) is 0. The van der Waals surface area contributed by atoms with Crippen LogP contribution in [0.15, 0.2) is 36.2 Å². The summed E-state index contributed by atoms with van der Waals surface area (Å²) in [7, 11) is 0. The van der Waals surface area contributed by atoms with Gasteiger partial charge in [-0.05, 0) is 18.2 Å². The van der Waals surface area contributed by atoms with Crippen LogP contribution in [-0.2, 0) is 4.79 Å². The molecule has 0 aromatic rings. The Morgan fingerprint density at radius 1 is 1.44 bits per heavy atom. The largest absolute Gasteiger partial charge is 0.289 e. The van der Waals surface area contributed by atoms with Gasteiger partial charge in [-0.25, -0.2) is 4.39 Å². The van der Waals surface area contributed by atoms with E-state index in [0.29, 0.717) is 0 Å². The lowest BCUT2D eigenvalue weighted by Gasteiger charge is -1.97. The van der Waals surface area contributed by atoms with E-state index < -0.39 is 5.83 Å². The zero-order valence-corrected chi connectivity index (χ0v) is 4.73. The van der Waals surface area contributed by atoms with Gasteiger partial charge in [-0.1, -0.05) is 6.58 Å². The molecule has 1 aliphatic carbocycles. The molecule has 0 radical (unpaired) electrons. The van der Waals surface area contributed by atoms with Crippen LogP contribution in [0.25, 0.3) is 0 Å². The first kappa shape index (κ1) is 5.95. The molecule has 1 nitrogen and oxygen atoms in total. The highest BCUT2D eigenvalue weighted by Gasteiger charge is 2.05. The maximum absolute atomic E-state index is 12.2. The average Bonchev–Trinajstić information content (AvgIpc) is 1.80. The summed E-state index contributed by atoms with van der Waals surface area (Å²) in [6.45, 7) is 3.33. The Balaban J connectivity index is 2.95. The van der Waals surface area contributed by atoms with Gasteiger partial charge < -0.3 is 0 Å². The number of carbonyl (C=O) groups is 1. The number of hydrogen-bond acceptors (Lipinski definition) is 1. The molecule has 0 aromatic heterocycles. The van der Waals surface area contributed by atoms with Gasteiger partial charge in [0.15, 0.2) is 5.78 Å². The van der Waals surface area contributed by atoms with Crippen molar-refractivity contribution in [2.75, 3.05) is 0 Å². The molecule has 2 heteroatoms.